The zero-order valence-electron chi connectivity index (χ0n) is 11.5. The Morgan fingerprint density at radius 3 is 2.50 bits per heavy atom. The van der Waals surface area contributed by atoms with Crippen LogP contribution in [0.25, 0.3) is 0 Å². The summed E-state index contributed by atoms with van der Waals surface area (Å²) in [7, 11) is 0. The fourth-order valence-corrected chi connectivity index (χ4v) is 2.90. The van der Waals surface area contributed by atoms with Crippen molar-refractivity contribution in [2.24, 2.45) is 5.92 Å². The molecule has 1 heterocycles. The average Bonchev–Trinajstić information content (AvgIpc) is 2.46. The monoisotopic (exact) mass is 254 g/mol. The first-order valence-corrected chi connectivity index (χ1v) is 7.42. The van der Waals surface area contributed by atoms with Gasteiger partial charge in [-0.2, -0.15) is 0 Å². The van der Waals surface area contributed by atoms with Crippen molar-refractivity contribution in [3.63, 3.8) is 0 Å². The first kappa shape index (κ1) is 13.8. The number of piperazine rings is 1. The van der Waals surface area contributed by atoms with E-state index in [1.54, 1.807) is 0 Å². The minimum absolute atomic E-state index is 0.254. The van der Waals surface area contributed by atoms with Crippen LogP contribution in [-0.2, 0) is 9.53 Å². The number of nitrogens with zero attached hydrogens (tertiary/aromatic N) is 1. The normalized spacial score (nSPS) is 29.3. The van der Waals surface area contributed by atoms with Crippen LogP contribution in [-0.4, -0.2) is 49.7 Å². The molecule has 1 saturated carbocycles. The molecule has 0 spiro atoms. The van der Waals surface area contributed by atoms with Gasteiger partial charge in [0.1, 0.15) is 0 Å². The van der Waals surface area contributed by atoms with Gasteiger partial charge < -0.3 is 15.0 Å². The van der Waals surface area contributed by atoms with Gasteiger partial charge in [0, 0.05) is 38.7 Å². The molecule has 1 aliphatic heterocycles. The molecular weight excluding hydrogens is 228 g/mol. The van der Waals surface area contributed by atoms with Crippen LogP contribution in [0.4, 0.5) is 0 Å². The van der Waals surface area contributed by atoms with Gasteiger partial charge in [-0.15, -0.1) is 0 Å². The van der Waals surface area contributed by atoms with Gasteiger partial charge in [0.25, 0.3) is 0 Å². The Kier molecular flexibility index (Phi) is 5.45. The summed E-state index contributed by atoms with van der Waals surface area (Å²) < 4.78 is 5.77. The Bertz CT molecular complexity index is 257. The van der Waals surface area contributed by atoms with Crippen molar-refractivity contribution in [3.8, 4) is 0 Å². The highest BCUT2D eigenvalue weighted by atomic mass is 16.5. The molecule has 4 heteroatoms. The predicted octanol–water partition coefficient (Wildman–Crippen LogP) is 1.40. The summed E-state index contributed by atoms with van der Waals surface area (Å²) >= 11 is 0. The lowest BCUT2D eigenvalue weighted by molar-refractivity contribution is -0.138. The Hall–Kier alpha value is -0.610. The third-order valence-electron chi connectivity index (χ3n) is 4.01. The van der Waals surface area contributed by atoms with Crippen molar-refractivity contribution in [3.05, 3.63) is 0 Å². The summed E-state index contributed by atoms with van der Waals surface area (Å²) in [6.07, 6.45) is 5.62. The predicted molar refractivity (Wildman–Crippen MR) is 71.4 cm³/mol. The van der Waals surface area contributed by atoms with Crippen molar-refractivity contribution in [1.82, 2.24) is 10.2 Å². The standard InChI is InChI=1S/C14H26N2O2/c1-2-11-18-13-5-3-12(4-6-13)14(17)16-9-7-15-8-10-16/h12-13,15H,2-11H2,1H3/t12-,13-. The van der Waals surface area contributed by atoms with Crippen molar-refractivity contribution in [2.75, 3.05) is 32.8 Å². The highest BCUT2D eigenvalue weighted by molar-refractivity contribution is 5.79. The van der Waals surface area contributed by atoms with E-state index in [1.165, 1.54) is 0 Å². The number of ether oxygens (including phenoxy) is 1. The summed E-state index contributed by atoms with van der Waals surface area (Å²) in [6, 6.07) is 0. The molecule has 104 valence electrons. The molecule has 1 amide bonds. The third kappa shape index (κ3) is 3.69. The third-order valence-corrected chi connectivity index (χ3v) is 4.01. The fraction of sp³-hybridized carbons (Fsp3) is 0.929. The van der Waals surface area contributed by atoms with E-state index in [0.29, 0.717) is 12.0 Å². The molecule has 18 heavy (non-hydrogen) atoms. The van der Waals surface area contributed by atoms with Gasteiger partial charge in [-0.25, -0.2) is 0 Å². The molecule has 0 atom stereocenters. The molecule has 0 aromatic rings. The average molecular weight is 254 g/mol. The van der Waals surface area contributed by atoms with Crippen LogP contribution in [0, 0.1) is 5.92 Å². The Balaban J connectivity index is 1.73. The molecule has 4 nitrogen and oxygen atoms in total. The number of hydrogen-bond donors (Lipinski definition) is 1. The smallest absolute Gasteiger partial charge is 0.225 e. The molecule has 0 unspecified atom stereocenters. The highest BCUT2D eigenvalue weighted by Gasteiger charge is 2.30. The zero-order chi connectivity index (χ0) is 12.8. The summed E-state index contributed by atoms with van der Waals surface area (Å²) in [5.74, 6) is 0.634. The summed E-state index contributed by atoms with van der Waals surface area (Å²) in [5.41, 5.74) is 0. The number of amides is 1. The largest absolute Gasteiger partial charge is 0.378 e. The summed E-state index contributed by atoms with van der Waals surface area (Å²) in [5, 5.41) is 3.29. The molecular formula is C14H26N2O2. The van der Waals surface area contributed by atoms with Gasteiger partial charge >= 0.3 is 0 Å². The quantitative estimate of drug-likeness (QED) is 0.824. The van der Waals surface area contributed by atoms with Gasteiger partial charge in [0.2, 0.25) is 5.91 Å². The molecule has 0 aromatic heterocycles. The van der Waals surface area contributed by atoms with E-state index < -0.39 is 0 Å². The maximum absolute atomic E-state index is 12.3. The second-order valence-corrected chi connectivity index (χ2v) is 5.42. The van der Waals surface area contributed by atoms with Gasteiger partial charge in [0.05, 0.1) is 6.10 Å². The van der Waals surface area contributed by atoms with Crippen molar-refractivity contribution < 1.29 is 9.53 Å². The Morgan fingerprint density at radius 2 is 1.89 bits per heavy atom. The van der Waals surface area contributed by atoms with E-state index in [2.05, 4.69) is 12.2 Å². The zero-order valence-corrected chi connectivity index (χ0v) is 11.5. The molecule has 0 aromatic carbocycles. The van der Waals surface area contributed by atoms with Crippen molar-refractivity contribution in [2.45, 2.75) is 45.1 Å². The van der Waals surface area contributed by atoms with Crippen LogP contribution in [0.2, 0.25) is 0 Å². The molecule has 2 rings (SSSR count). The number of carbonyl (C=O) groups is 1. The van der Waals surface area contributed by atoms with Gasteiger partial charge in [-0.1, -0.05) is 6.92 Å². The molecule has 2 aliphatic rings. The van der Waals surface area contributed by atoms with Crippen molar-refractivity contribution in [1.29, 1.82) is 0 Å². The van der Waals surface area contributed by atoms with Crippen molar-refractivity contribution >= 4 is 5.91 Å². The lowest BCUT2D eigenvalue weighted by Gasteiger charge is -2.34. The van der Waals surface area contributed by atoms with Crippen LogP contribution >= 0.6 is 0 Å². The van der Waals surface area contributed by atoms with Crippen LogP contribution in [0.5, 0.6) is 0 Å². The Morgan fingerprint density at radius 1 is 1.22 bits per heavy atom. The SMILES string of the molecule is CCCO[C@H]1CC[C@H](C(=O)N2CCNCC2)CC1. The molecule has 1 saturated heterocycles. The number of hydrogen-bond acceptors (Lipinski definition) is 3. The molecule has 1 aliphatic carbocycles. The van der Waals surface area contributed by atoms with E-state index in [4.69, 9.17) is 4.74 Å². The lowest BCUT2D eigenvalue weighted by atomic mass is 9.86. The maximum Gasteiger partial charge on any atom is 0.225 e. The van der Waals surface area contributed by atoms with E-state index in [-0.39, 0.29) is 5.92 Å². The van der Waals surface area contributed by atoms with E-state index in [9.17, 15) is 4.79 Å². The van der Waals surface area contributed by atoms with E-state index in [1.807, 2.05) is 4.90 Å². The van der Waals surface area contributed by atoms with E-state index in [0.717, 1.165) is 64.9 Å². The maximum atomic E-state index is 12.3. The topological polar surface area (TPSA) is 41.6 Å². The van der Waals surface area contributed by atoms with E-state index >= 15 is 0 Å². The first-order chi connectivity index (χ1) is 8.81. The first-order valence-electron chi connectivity index (χ1n) is 7.42. The molecule has 0 radical (unpaired) electrons. The van der Waals surface area contributed by atoms with Gasteiger partial charge in [-0.3, -0.25) is 4.79 Å². The van der Waals surface area contributed by atoms with Crippen LogP contribution < -0.4 is 5.32 Å². The highest BCUT2D eigenvalue weighted by Crippen LogP contribution is 2.27. The molecule has 2 fully saturated rings. The summed E-state index contributed by atoms with van der Waals surface area (Å²) in [4.78, 5) is 14.4. The minimum Gasteiger partial charge on any atom is -0.378 e. The number of nitrogens with one attached hydrogen (secondary N) is 1. The summed E-state index contributed by atoms with van der Waals surface area (Å²) in [6.45, 7) is 6.65. The van der Waals surface area contributed by atoms with Crippen LogP contribution in [0.3, 0.4) is 0 Å². The second-order valence-electron chi connectivity index (χ2n) is 5.42. The van der Waals surface area contributed by atoms with Gasteiger partial charge in [0.15, 0.2) is 0 Å². The van der Waals surface area contributed by atoms with Crippen LogP contribution in [0.15, 0.2) is 0 Å². The minimum atomic E-state index is 0.254. The molecule has 0 bridgehead atoms. The fourth-order valence-electron chi connectivity index (χ4n) is 2.90. The lowest BCUT2D eigenvalue weighted by Crippen LogP contribution is -2.49. The van der Waals surface area contributed by atoms with Crippen LogP contribution in [0.1, 0.15) is 39.0 Å². The Labute approximate surface area is 110 Å². The van der Waals surface area contributed by atoms with Gasteiger partial charge in [-0.05, 0) is 32.1 Å². The molecule has 1 N–H and O–H groups in total. The second kappa shape index (κ2) is 7.10. The number of carbonyl (C=O) groups excluding carboxylic acids is 1. The number of rotatable bonds is 4.